The van der Waals surface area contributed by atoms with Gasteiger partial charge in [-0.15, -0.1) is 0 Å². The Morgan fingerprint density at radius 3 is 1.72 bits per heavy atom. The van der Waals surface area contributed by atoms with E-state index in [1.165, 1.54) is 47.0 Å². The van der Waals surface area contributed by atoms with E-state index in [-0.39, 0.29) is 75.9 Å². The molecule has 6 rings (SSSR count). The molecule has 0 bridgehead atoms. The second kappa shape index (κ2) is 54.5. The van der Waals surface area contributed by atoms with Gasteiger partial charge in [-0.1, -0.05) is 47.1 Å². The van der Waals surface area contributed by atoms with Crippen LogP contribution in [0, 0.1) is 11.3 Å². The number of rotatable bonds is 60. The molecule has 600 valence electrons. The summed E-state index contributed by atoms with van der Waals surface area (Å²) in [6.45, 7) is 11.2. The first-order valence-corrected chi connectivity index (χ1v) is 38.5. The first-order valence-electron chi connectivity index (χ1n) is 36.0. The Bertz CT molecular complexity index is 3530. The summed E-state index contributed by atoms with van der Waals surface area (Å²) < 4.78 is 105. The van der Waals surface area contributed by atoms with Crippen molar-refractivity contribution in [1.82, 2.24) is 51.4 Å². The maximum Gasteiger partial charge on any atom is 0.407 e. The molecule has 5 aromatic rings. The number of nitrogens with two attached hydrogens (primary N) is 1. The Balaban J connectivity index is 0.799. The summed E-state index contributed by atoms with van der Waals surface area (Å²) in [5, 5.41) is 23.3. The van der Waals surface area contributed by atoms with Crippen LogP contribution in [0.3, 0.4) is 0 Å². The van der Waals surface area contributed by atoms with Gasteiger partial charge in [-0.05, 0) is 60.0 Å². The molecule has 0 aliphatic carbocycles. The number of methoxy groups -OCH3 is 1. The molecule has 1 aromatic carbocycles. The molecule has 36 heteroatoms. The van der Waals surface area contributed by atoms with Crippen molar-refractivity contribution >= 4 is 73.8 Å². The van der Waals surface area contributed by atoms with Gasteiger partial charge in [-0.3, -0.25) is 38.9 Å². The van der Waals surface area contributed by atoms with Crippen LogP contribution in [-0.4, -0.2) is 282 Å². The zero-order valence-electron chi connectivity index (χ0n) is 61.8. The van der Waals surface area contributed by atoms with E-state index in [1.807, 2.05) is 30.3 Å². The Labute approximate surface area is 641 Å². The molecule has 1 fully saturated rings. The lowest BCUT2D eigenvalue weighted by atomic mass is 9.98. The second-order valence-electron chi connectivity index (χ2n) is 23.9. The highest BCUT2D eigenvalue weighted by Gasteiger charge is 2.47. The molecule has 7 N–H and O–H groups in total. The second-order valence-corrected chi connectivity index (χ2v) is 26.5. The van der Waals surface area contributed by atoms with E-state index in [2.05, 4.69) is 53.4 Å². The lowest BCUT2D eigenvalue weighted by Crippen LogP contribution is -2.49. The van der Waals surface area contributed by atoms with Crippen LogP contribution in [-0.2, 0) is 93.9 Å². The van der Waals surface area contributed by atoms with Gasteiger partial charge in [-0.2, -0.15) is 5.26 Å². The minimum atomic E-state index is -3.22. The van der Waals surface area contributed by atoms with Crippen LogP contribution >= 0.6 is 21.6 Å². The lowest BCUT2D eigenvalue weighted by Gasteiger charge is -2.19. The third kappa shape index (κ3) is 37.4. The normalized spacial score (nSPS) is 13.4. The van der Waals surface area contributed by atoms with Gasteiger partial charge in [0.2, 0.25) is 29.5 Å². The number of fused-ring (bicyclic) bond motifs is 1. The number of aromatic nitrogens is 4. The molecule has 109 heavy (non-hydrogen) atoms. The third-order valence-electron chi connectivity index (χ3n) is 15.6. The molecule has 5 heterocycles. The summed E-state index contributed by atoms with van der Waals surface area (Å²) in [7, 11) is 4.13. The fourth-order valence-electron chi connectivity index (χ4n) is 9.97. The van der Waals surface area contributed by atoms with Gasteiger partial charge in [0, 0.05) is 97.3 Å². The van der Waals surface area contributed by atoms with Crippen LogP contribution < -0.4 is 37.1 Å². The molecule has 0 spiro atoms. The van der Waals surface area contributed by atoms with Crippen molar-refractivity contribution in [3.8, 4) is 34.2 Å². The van der Waals surface area contributed by atoms with Crippen LogP contribution in [0.4, 0.5) is 19.3 Å². The highest BCUT2D eigenvalue weighted by atomic mass is 33.1. The molecule has 1 unspecified atom stereocenters. The first-order chi connectivity index (χ1) is 53.2. The number of benzene rings is 1. The number of ether oxygens (including phenoxy) is 14. The standard InChI is InChI=1S/C73H102F2N12O20S2/c1-3-4-17-95-19-21-97-23-25-99-27-29-101-31-33-103-35-37-105-39-40-106-38-36-104-34-32-102-30-28-100-26-24-98-22-20-96-18-15-80-70(92)65(86-67(89)10-9-66(88)83-49-59-42-55(11-13-78-59)69(91)84-50-68(90)87-53-73(74,75)45-60(87)46-76)52-109-108-41-16-81-72(93)107-51-58-7-5-56(47-82-58)61-12-14-79-64-8-6-54(43-62(61)64)57-44-63(77)71(94-2)85-48-57/h5-8,11-14,42-44,47-48,60,65H,3-4,9-10,15-41,45,49-53,77H2,1-2H3,(H,80,92)(H,81,93)(H,83,88)(H,84,91)(H,86,89)/t60-,65?/m0/s1. The fraction of sp³-hybridized carbons (Fsp3) is 0.575. The van der Waals surface area contributed by atoms with E-state index in [9.17, 15) is 42.8 Å². The Kier molecular flexibility index (Phi) is 44.9. The van der Waals surface area contributed by atoms with E-state index in [0.29, 0.717) is 155 Å². The van der Waals surface area contributed by atoms with Crippen LogP contribution in [0.15, 0.2) is 79.4 Å². The van der Waals surface area contributed by atoms with Crippen molar-refractivity contribution in [2.75, 3.05) is 209 Å². The number of pyridine rings is 4. The number of hydrogen-bond donors (Lipinski definition) is 6. The lowest BCUT2D eigenvalue weighted by molar-refractivity contribution is -0.131. The molecular formula is C73H102F2N12O20S2. The van der Waals surface area contributed by atoms with Crippen molar-refractivity contribution in [2.24, 2.45) is 0 Å². The van der Waals surface area contributed by atoms with E-state index < -0.39 is 73.1 Å². The maximum absolute atomic E-state index is 13.9. The average Bonchev–Trinajstić information content (AvgIpc) is 0.995. The maximum atomic E-state index is 13.9. The summed E-state index contributed by atoms with van der Waals surface area (Å²) in [6, 6.07) is 15.3. The zero-order valence-corrected chi connectivity index (χ0v) is 63.5. The number of amides is 6. The molecule has 32 nitrogen and oxygen atoms in total. The van der Waals surface area contributed by atoms with Crippen molar-refractivity contribution in [3.63, 3.8) is 0 Å². The number of likely N-dealkylation sites (tertiary alicyclic amines) is 1. The van der Waals surface area contributed by atoms with Gasteiger partial charge >= 0.3 is 6.09 Å². The van der Waals surface area contributed by atoms with Crippen molar-refractivity contribution in [1.29, 1.82) is 5.26 Å². The van der Waals surface area contributed by atoms with Crippen molar-refractivity contribution in [3.05, 3.63) is 96.3 Å². The van der Waals surface area contributed by atoms with Gasteiger partial charge in [0.05, 0.1) is 207 Å². The third-order valence-corrected chi connectivity index (χ3v) is 18.0. The van der Waals surface area contributed by atoms with Crippen molar-refractivity contribution in [2.45, 2.75) is 70.2 Å². The number of nitrogens with zero attached hydrogens (tertiary/aromatic N) is 6. The topological polar surface area (TPSA) is 396 Å². The molecule has 0 radical (unpaired) electrons. The number of alkyl carbamates (subject to hydrolysis) is 1. The van der Waals surface area contributed by atoms with Crippen LogP contribution in [0.1, 0.15) is 60.8 Å². The molecule has 1 saturated heterocycles. The number of nitrogens with one attached hydrogen (secondary N) is 5. The molecule has 4 aromatic heterocycles. The summed E-state index contributed by atoms with van der Waals surface area (Å²) in [5.74, 6) is -5.55. The number of carbonyl (C=O) groups excluding carboxylic acids is 6. The van der Waals surface area contributed by atoms with E-state index in [4.69, 9.17) is 72.0 Å². The van der Waals surface area contributed by atoms with Crippen molar-refractivity contribution < 1.29 is 104 Å². The number of nitriles is 1. The number of nitrogen functional groups attached to an aromatic ring is 1. The number of unbranched alkanes of at least 4 members (excludes halogenated alkanes) is 1. The van der Waals surface area contributed by atoms with E-state index in [1.54, 1.807) is 36.8 Å². The number of alkyl halides is 2. The number of halogens is 2. The molecule has 2 atom stereocenters. The largest absolute Gasteiger partial charge is 0.480 e. The molecular weight excluding hydrogens is 1470 g/mol. The monoisotopic (exact) mass is 1570 g/mol. The van der Waals surface area contributed by atoms with Gasteiger partial charge in [0.15, 0.2) is 0 Å². The fourth-order valence-corrected chi connectivity index (χ4v) is 12.0. The summed E-state index contributed by atoms with van der Waals surface area (Å²) in [5.41, 5.74) is 11.6. The molecule has 0 saturated carbocycles. The molecule has 1 aliphatic heterocycles. The highest BCUT2D eigenvalue weighted by molar-refractivity contribution is 8.76. The zero-order chi connectivity index (χ0) is 77.8. The molecule has 6 amide bonds. The van der Waals surface area contributed by atoms with E-state index in [0.717, 1.165) is 57.5 Å². The summed E-state index contributed by atoms with van der Waals surface area (Å²) >= 11 is 0. The Hall–Kier alpha value is -8.13. The van der Waals surface area contributed by atoms with Crippen LogP contribution in [0.5, 0.6) is 5.88 Å². The SMILES string of the molecule is CCCCOCCOCCOCCOCCOCCOCCOCCOCCOCCOCCOCCOCCNC(=O)C(CSSCCNC(=O)OCc1ccc(-c2ccnc3ccc(-c4cnc(OC)c(N)c4)cc23)cn1)NC(=O)CCC(=O)NCc1cc(C(=O)NCC(=O)N2CC(F)(F)C[C@H]2C#N)ccn1. The number of anilines is 1. The Morgan fingerprint density at radius 2 is 1.17 bits per heavy atom. The van der Waals surface area contributed by atoms with Gasteiger partial charge in [0.25, 0.3) is 11.8 Å². The summed E-state index contributed by atoms with van der Waals surface area (Å²) in [6.07, 6.45) is 6.58. The van der Waals surface area contributed by atoms with Gasteiger partial charge in [-0.25, -0.2) is 18.6 Å². The van der Waals surface area contributed by atoms with E-state index >= 15 is 0 Å². The predicted molar refractivity (Wildman–Crippen MR) is 400 cm³/mol. The summed E-state index contributed by atoms with van der Waals surface area (Å²) in [4.78, 5) is 96.2. The van der Waals surface area contributed by atoms with Crippen LogP contribution in [0.2, 0.25) is 0 Å². The smallest absolute Gasteiger partial charge is 0.407 e. The minimum absolute atomic E-state index is 0.0625. The van der Waals surface area contributed by atoms with Crippen LogP contribution in [0.25, 0.3) is 33.2 Å². The number of hydrogen-bond acceptors (Lipinski definition) is 28. The average molecular weight is 1570 g/mol. The Morgan fingerprint density at radius 1 is 0.606 bits per heavy atom. The predicted octanol–water partition coefficient (Wildman–Crippen LogP) is 5.14. The quantitative estimate of drug-likeness (QED) is 0.0217. The molecule has 1 aliphatic rings. The van der Waals surface area contributed by atoms with Gasteiger partial charge < -0.3 is 104 Å². The minimum Gasteiger partial charge on any atom is -0.480 e. The number of carbonyl (C=O) groups is 6. The first kappa shape index (κ1) is 89.8. The highest BCUT2D eigenvalue weighted by Crippen LogP contribution is 2.34. The van der Waals surface area contributed by atoms with Gasteiger partial charge in [0.1, 0.15) is 18.7 Å².